The van der Waals surface area contributed by atoms with E-state index in [9.17, 15) is 9.90 Å². The van der Waals surface area contributed by atoms with Crippen molar-refractivity contribution in [1.29, 1.82) is 0 Å². The molecule has 0 heterocycles. The maximum absolute atomic E-state index is 11.9. The molecule has 3 aromatic carbocycles. The molecule has 0 aliphatic rings. The third-order valence-corrected chi connectivity index (χ3v) is 4.70. The summed E-state index contributed by atoms with van der Waals surface area (Å²) in [5.74, 6) is 0.0106. The number of nitrogens with zero attached hydrogens (tertiary/aromatic N) is 3. The van der Waals surface area contributed by atoms with Crippen molar-refractivity contribution in [2.75, 3.05) is 7.11 Å². The minimum atomic E-state index is -1.43. The zero-order valence-electron chi connectivity index (χ0n) is 17.5. The van der Waals surface area contributed by atoms with Gasteiger partial charge in [0.25, 0.3) is 0 Å². The highest BCUT2D eigenvalue weighted by Crippen LogP contribution is 2.33. The second-order valence-corrected chi connectivity index (χ2v) is 6.87. The number of hydrogen-bond donors (Lipinski definition) is 1. The van der Waals surface area contributed by atoms with Gasteiger partial charge in [0.05, 0.1) is 13.2 Å². The Morgan fingerprint density at radius 3 is 2.03 bits per heavy atom. The number of ether oxygens (including phenoxy) is 3. The van der Waals surface area contributed by atoms with E-state index in [-0.39, 0.29) is 6.61 Å². The Bertz CT molecular complexity index is 1070. The van der Waals surface area contributed by atoms with E-state index in [0.29, 0.717) is 23.7 Å². The van der Waals surface area contributed by atoms with Crippen LogP contribution >= 0.6 is 0 Å². The molecule has 164 valence electrons. The third kappa shape index (κ3) is 6.01. The first kappa shape index (κ1) is 22.7. The Hall–Kier alpha value is -4.00. The molecule has 0 spiro atoms. The van der Waals surface area contributed by atoms with Gasteiger partial charge in [-0.3, -0.25) is 4.79 Å². The fourth-order valence-corrected chi connectivity index (χ4v) is 3.01. The lowest BCUT2D eigenvalue weighted by atomic mass is 10.0. The lowest BCUT2D eigenvalue weighted by Gasteiger charge is -2.19. The number of benzene rings is 3. The van der Waals surface area contributed by atoms with Crippen LogP contribution in [-0.4, -0.2) is 24.2 Å². The standard InChI is InChI=1S/C24H23N3O5/c1-30-24(29)22(26-27-25)23(28)19-12-13-20(31-15-17-8-4-2-5-9-17)21(14-19)32-16-18-10-6-3-7-11-18/h2-14,22-23,28H,15-16H2,1H3. The maximum atomic E-state index is 11.9. The first-order chi connectivity index (χ1) is 15.6. The molecule has 0 aliphatic carbocycles. The van der Waals surface area contributed by atoms with Gasteiger partial charge in [-0.2, -0.15) is 0 Å². The van der Waals surface area contributed by atoms with Gasteiger partial charge in [-0.1, -0.05) is 71.8 Å². The molecule has 32 heavy (non-hydrogen) atoms. The lowest BCUT2D eigenvalue weighted by molar-refractivity contribution is -0.144. The molecule has 0 bridgehead atoms. The molecule has 0 radical (unpaired) electrons. The summed E-state index contributed by atoms with van der Waals surface area (Å²) in [6.07, 6.45) is -1.42. The van der Waals surface area contributed by atoms with Gasteiger partial charge in [-0.25, -0.2) is 0 Å². The van der Waals surface area contributed by atoms with Crippen LogP contribution in [0.5, 0.6) is 11.5 Å². The first-order valence-electron chi connectivity index (χ1n) is 9.90. The smallest absolute Gasteiger partial charge is 0.317 e. The second kappa shape index (κ2) is 11.4. The molecule has 0 aliphatic heterocycles. The summed E-state index contributed by atoms with van der Waals surface area (Å²) in [6, 6.07) is 22.6. The van der Waals surface area contributed by atoms with Crippen molar-refractivity contribution in [3.8, 4) is 11.5 Å². The van der Waals surface area contributed by atoms with Crippen molar-refractivity contribution >= 4 is 5.97 Å². The SMILES string of the molecule is COC(=O)C(N=[N+]=[N-])C(O)c1ccc(OCc2ccccc2)c(OCc2ccccc2)c1. The van der Waals surface area contributed by atoms with Crippen LogP contribution in [0.1, 0.15) is 22.8 Å². The topological polar surface area (TPSA) is 114 Å². The molecular formula is C24H23N3O5. The van der Waals surface area contributed by atoms with Crippen LogP contribution in [0.2, 0.25) is 0 Å². The largest absolute Gasteiger partial charge is 0.485 e. The highest BCUT2D eigenvalue weighted by atomic mass is 16.5. The summed E-state index contributed by atoms with van der Waals surface area (Å²) >= 11 is 0. The quantitative estimate of drug-likeness (QED) is 0.215. The van der Waals surface area contributed by atoms with Crippen molar-refractivity contribution in [3.05, 3.63) is 106 Å². The molecule has 0 saturated heterocycles. The van der Waals surface area contributed by atoms with E-state index < -0.39 is 18.1 Å². The van der Waals surface area contributed by atoms with Gasteiger partial charge in [-0.15, -0.1) is 0 Å². The Morgan fingerprint density at radius 2 is 1.50 bits per heavy atom. The van der Waals surface area contributed by atoms with E-state index >= 15 is 0 Å². The first-order valence-corrected chi connectivity index (χ1v) is 9.90. The average molecular weight is 433 g/mol. The number of methoxy groups -OCH3 is 1. The van der Waals surface area contributed by atoms with Crippen LogP contribution in [0.25, 0.3) is 10.4 Å². The Morgan fingerprint density at radius 1 is 0.938 bits per heavy atom. The summed E-state index contributed by atoms with van der Waals surface area (Å²) in [5.41, 5.74) is 11.0. The van der Waals surface area contributed by atoms with Crippen molar-refractivity contribution in [2.24, 2.45) is 5.11 Å². The van der Waals surface area contributed by atoms with Gasteiger partial charge in [0.1, 0.15) is 13.2 Å². The molecular weight excluding hydrogens is 410 g/mol. The van der Waals surface area contributed by atoms with Crippen LogP contribution in [0, 0.1) is 0 Å². The lowest BCUT2D eigenvalue weighted by Crippen LogP contribution is -2.27. The van der Waals surface area contributed by atoms with Gasteiger partial charge in [-0.05, 0) is 34.4 Å². The molecule has 0 aromatic heterocycles. The summed E-state index contributed by atoms with van der Waals surface area (Å²) in [6.45, 7) is 0.604. The number of azide groups is 1. The van der Waals surface area contributed by atoms with Crippen LogP contribution in [0.15, 0.2) is 84.0 Å². The monoisotopic (exact) mass is 433 g/mol. The molecule has 2 atom stereocenters. The second-order valence-electron chi connectivity index (χ2n) is 6.87. The molecule has 8 heteroatoms. The number of hydrogen-bond acceptors (Lipinski definition) is 6. The summed E-state index contributed by atoms with van der Waals surface area (Å²) in [7, 11) is 1.16. The van der Waals surface area contributed by atoms with Crippen LogP contribution in [-0.2, 0) is 22.7 Å². The Labute approximate surface area is 185 Å². The number of carbonyl (C=O) groups excluding carboxylic acids is 1. The Kier molecular flexibility index (Phi) is 8.09. The van der Waals surface area contributed by atoms with Crippen LogP contribution < -0.4 is 9.47 Å². The van der Waals surface area contributed by atoms with E-state index in [1.807, 2.05) is 60.7 Å². The van der Waals surface area contributed by atoms with E-state index in [4.69, 9.17) is 15.0 Å². The fraction of sp³-hybridized carbons (Fsp3) is 0.208. The molecule has 1 N–H and O–H groups in total. The zero-order valence-corrected chi connectivity index (χ0v) is 17.5. The van der Waals surface area contributed by atoms with Gasteiger partial charge >= 0.3 is 5.97 Å². The molecule has 2 unspecified atom stereocenters. The predicted molar refractivity (Wildman–Crippen MR) is 118 cm³/mol. The van der Waals surface area contributed by atoms with E-state index in [0.717, 1.165) is 18.2 Å². The molecule has 0 saturated carbocycles. The van der Waals surface area contributed by atoms with E-state index in [1.165, 1.54) is 0 Å². The third-order valence-electron chi connectivity index (χ3n) is 4.70. The molecule has 0 fully saturated rings. The summed E-state index contributed by atoms with van der Waals surface area (Å²) in [4.78, 5) is 14.6. The molecule has 3 rings (SSSR count). The van der Waals surface area contributed by atoms with E-state index in [1.54, 1.807) is 18.2 Å². The Balaban J connectivity index is 1.87. The minimum Gasteiger partial charge on any atom is -0.485 e. The highest BCUT2D eigenvalue weighted by Gasteiger charge is 2.29. The number of carbonyl (C=O) groups is 1. The number of rotatable bonds is 10. The van der Waals surface area contributed by atoms with Crippen molar-refractivity contribution in [2.45, 2.75) is 25.4 Å². The minimum absolute atomic E-state index is 0.277. The fourth-order valence-electron chi connectivity index (χ4n) is 3.01. The average Bonchev–Trinajstić information content (AvgIpc) is 2.85. The van der Waals surface area contributed by atoms with Crippen LogP contribution in [0.4, 0.5) is 0 Å². The van der Waals surface area contributed by atoms with Crippen molar-refractivity contribution in [1.82, 2.24) is 0 Å². The maximum Gasteiger partial charge on any atom is 0.317 e. The number of aliphatic hydroxyl groups excluding tert-OH is 1. The molecule has 3 aromatic rings. The van der Waals surface area contributed by atoms with E-state index in [2.05, 4.69) is 14.8 Å². The van der Waals surface area contributed by atoms with Gasteiger partial charge in [0.2, 0.25) is 0 Å². The normalized spacial score (nSPS) is 12.2. The highest BCUT2D eigenvalue weighted by molar-refractivity contribution is 5.77. The number of aliphatic hydroxyl groups is 1. The number of esters is 1. The van der Waals surface area contributed by atoms with Crippen molar-refractivity contribution < 1.29 is 24.1 Å². The molecule has 0 amide bonds. The van der Waals surface area contributed by atoms with Crippen molar-refractivity contribution in [3.63, 3.8) is 0 Å². The predicted octanol–water partition coefficient (Wildman–Crippen LogP) is 4.73. The van der Waals surface area contributed by atoms with Crippen LogP contribution in [0.3, 0.4) is 0 Å². The summed E-state index contributed by atoms with van der Waals surface area (Å²) < 4.78 is 16.6. The molecule has 8 nitrogen and oxygen atoms in total. The summed E-state index contributed by atoms with van der Waals surface area (Å²) in [5, 5.41) is 14.0. The van der Waals surface area contributed by atoms with Gasteiger partial charge < -0.3 is 19.3 Å². The van der Waals surface area contributed by atoms with Gasteiger partial charge in [0, 0.05) is 4.91 Å². The van der Waals surface area contributed by atoms with Gasteiger partial charge in [0.15, 0.2) is 17.5 Å². The zero-order chi connectivity index (χ0) is 22.8.